The molecule has 0 aromatic carbocycles. The summed E-state index contributed by atoms with van der Waals surface area (Å²) in [4.78, 5) is 34.3. The minimum absolute atomic E-state index is 0.0251. The van der Waals surface area contributed by atoms with Crippen LogP contribution in [-0.4, -0.2) is 104 Å². The average molecular weight is 425 g/mol. The van der Waals surface area contributed by atoms with E-state index in [-0.39, 0.29) is 24.6 Å². The quantitative estimate of drug-likeness (QED) is 0.490. The van der Waals surface area contributed by atoms with Crippen LogP contribution in [0.4, 0.5) is 4.79 Å². The molecule has 2 rings (SSSR count). The molecule has 2 amide bonds. The molecule has 0 spiro atoms. The third-order valence-corrected chi connectivity index (χ3v) is 5.83. The van der Waals surface area contributed by atoms with Gasteiger partial charge in [-0.2, -0.15) is 0 Å². The standard InChI is InChI=1S/C21H40N6O3/c1-6-30-21(29)27-13-9-18(10-14-27)24-20(22-15-19(28)25(4)5)23-17-7-11-26(12-8-17)16(2)3/h16-18H,6-15H2,1-5H3,(H2,22,23,24). The number of carbonyl (C=O) groups is 2. The third-order valence-electron chi connectivity index (χ3n) is 5.83. The number of carbonyl (C=O) groups excluding carboxylic acids is 2. The van der Waals surface area contributed by atoms with Crippen molar-refractivity contribution in [2.24, 2.45) is 4.99 Å². The van der Waals surface area contributed by atoms with Gasteiger partial charge in [-0.25, -0.2) is 9.79 Å². The van der Waals surface area contributed by atoms with E-state index in [2.05, 4.69) is 34.4 Å². The molecule has 0 unspecified atom stereocenters. The molecular weight excluding hydrogens is 384 g/mol. The Morgan fingerprint density at radius 1 is 1.03 bits per heavy atom. The summed E-state index contributed by atoms with van der Waals surface area (Å²) in [6.45, 7) is 10.3. The molecule has 2 saturated heterocycles. The van der Waals surface area contributed by atoms with Crippen LogP contribution in [0.1, 0.15) is 46.5 Å². The zero-order valence-corrected chi connectivity index (χ0v) is 19.3. The largest absolute Gasteiger partial charge is 0.450 e. The number of rotatable bonds is 6. The van der Waals surface area contributed by atoms with Gasteiger partial charge in [-0.3, -0.25) is 4.79 Å². The summed E-state index contributed by atoms with van der Waals surface area (Å²) >= 11 is 0. The van der Waals surface area contributed by atoms with E-state index in [4.69, 9.17) is 4.74 Å². The predicted octanol–water partition coefficient (Wildman–Crippen LogP) is 1.10. The third kappa shape index (κ3) is 7.66. The van der Waals surface area contributed by atoms with E-state index >= 15 is 0 Å². The SMILES string of the molecule is CCOC(=O)N1CCC(NC(=NCC(=O)N(C)C)NC2CCN(C(C)C)CC2)CC1. The van der Waals surface area contributed by atoms with Gasteiger partial charge in [0.2, 0.25) is 5.91 Å². The highest BCUT2D eigenvalue weighted by Gasteiger charge is 2.26. The number of likely N-dealkylation sites (N-methyl/N-ethyl adjacent to an activating group) is 1. The summed E-state index contributed by atoms with van der Waals surface area (Å²) in [6.07, 6.45) is 3.53. The molecule has 0 atom stereocenters. The number of amides is 2. The zero-order valence-electron chi connectivity index (χ0n) is 19.3. The van der Waals surface area contributed by atoms with E-state index < -0.39 is 0 Å². The van der Waals surface area contributed by atoms with Crippen LogP contribution in [-0.2, 0) is 9.53 Å². The Labute approximate surface area is 181 Å². The number of nitrogens with one attached hydrogen (secondary N) is 2. The smallest absolute Gasteiger partial charge is 0.409 e. The number of hydrogen-bond donors (Lipinski definition) is 2. The molecule has 9 heteroatoms. The first-order valence-electron chi connectivity index (χ1n) is 11.2. The molecule has 0 aromatic rings. The molecule has 172 valence electrons. The molecule has 2 N–H and O–H groups in total. The molecule has 0 aromatic heterocycles. The molecular formula is C21H40N6O3. The molecule has 0 radical (unpaired) electrons. The van der Waals surface area contributed by atoms with Crippen LogP contribution >= 0.6 is 0 Å². The number of piperidine rings is 2. The van der Waals surface area contributed by atoms with Crippen LogP contribution in [0, 0.1) is 0 Å². The summed E-state index contributed by atoms with van der Waals surface area (Å²) in [5.41, 5.74) is 0. The van der Waals surface area contributed by atoms with Crippen molar-refractivity contribution < 1.29 is 14.3 Å². The molecule has 0 saturated carbocycles. The fourth-order valence-electron chi connectivity index (χ4n) is 3.79. The highest BCUT2D eigenvalue weighted by molar-refractivity contribution is 5.85. The fourth-order valence-corrected chi connectivity index (χ4v) is 3.79. The molecule has 2 heterocycles. The van der Waals surface area contributed by atoms with E-state index in [0.717, 1.165) is 38.8 Å². The Morgan fingerprint density at radius 3 is 2.03 bits per heavy atom. The molecule has 2 aliphatic rings. The normalized spacial score (nSPS) is 19.7. The number of aliphatic imine (C=N–C) groups is 1. The van der Waals surface area contributed by atoms with Gasteiger partial charge in [0.05, 0.1) is 6.61 Å². The molecule has 2 aliphatic heterocycles. The van der Waals surface area contributed by atoms with Crippen LogP contribution in [0.3, 0.4) is 0 Å². The highest BCUT2D eigenvalue weighted by Crippen LogP contribution is 2.14. The Bertz CT molecular complexity index is 579. The van der Waals surface area contributed by atoms with Crippen molar-refractivity contribution in [1.82, 2.24) is 25.3 Å². The molecule has 9 nitrogen and oxygen atoms in total. The zero-order chi connectivity index (χ0) is 22.1. The lowest BCUT2D eigenvalue weighted by molar-refractivity contribution is -0.127. The van der Waals surface area contributed by atoms with E-state index in [1.807, 2.05) is 6.92 Å². The summed E-state index contributed by atoms with van der Waals surface area (Å²) < 4.78 is 5.10. The summed E-state index contributed by atoms with van der Waals surface area (Å²) in [5.74, 6) is 0.672. The van der Waals surface area contributed by atoms with Crippen LogP contribution in [0.25, 0.3) is 0 Å². The number of nitrogens with zero attached hydrogens (tertiary/aromatic N) is 4. The summed E-state index contributed by atoms with van der Waals surface area (Å²) in [5, 5.41) is 7.05. The van der Waals surface area contributed by atoms with Crippen molar-refractivity contribution >= 4 is 18.0 Å². The van der Waals surface area contributed by atoms with E-state index in [1.165, 1.54) is 0 Å². The number of guanidine groups is 1. The van der Waals surface area contributed by atoms with Crippen molar-refractivity contribution in [2.75, 3.05) is 53.4 Å². The van der Waals surface area contributed by atoms with Crippen molar-refractivity contribution in [3.63, 3.8) is 0 Å². The Kier molecular flexibility index (Phi) is 9.68. The molecule has 2 fully saturated rings. The van der Waals surface area contributed by atoms with Gasteiger partial charge in [0.25, 0.3) is 0 Å². The van der Waals surface area contributed by atoms with Gasteiger partial charge >= 0.3 is 6.09 Å². The minimum Gasteiger partial charge on any atom is -0.450 e. The van der Waals surface area contributed by atoms with Gasteiger partial charge in [0.1, 0.15) is 6.54 Å². The number of hydrogen-bond acceptors (Lipinski definition) is 5. The second-order valence-electron chi connectivity index (χ2n) is 8.61. The second-order valence-corrected chi connectivity index (χ2v) is 8.61. The number of ether oxygens (including phenoxy) is 1. The van der Waals surface area contributed by atoms with Gasteiger partial charge in [-0.05, 0) is 46.5 Å². The van der Waals surface area contributed by atoms with Gasteiger partial charge in [-0.15, -0.1) is 0 Å². The van der Waals surface area contributed by atoms with Crippen molar-refractivity contribution in [1.29, 1.82) is 0 Å². The van der Waals surface area contributed by atoms with Crippen molar-refractivity contribution in [3.05, 3.63) is 0 Å². The Hall–Kier alpha value is -2.03. The fraction of sp³-hybridized carbons (Fsp3) is 0.857. The first kappa shape index (κ1) is 24.2. The van der Waals surface area contributed by atoms with E-state index in [9.17, 15) is 9.59 Å². The van der Waals surface area contributed by atoms with Crippen LogP contribution in [0.5, 0.6) is 0 Å². The first-order valence-corrected chi connectivity index (χ1v) is 11.2. The van der Waals surface area contributed by atoms with Crippen LogP contribution < -0.4 is 10.6 Å². The lowest BCUT2D eigenvalue weighted by Gasteiger charge is -2.36. The maximum atomic E-state index is 12.0. The predicted molar refractivity (Wildman–Crippen MR) is 119 cm³/mol. The molecule has 0 bridgehead atoms. The minimum atomic E-state index is -0.239. The summed E-state index contributed by atoms with van der Waals surface area (Å²) in [6, 6.07) is 1.13. The van der Waals surface area contributed by atoms with Crippen molar-refractivity contribution in [3.8, 4) is 0 Å². The highest BCUT2D eigenvalue weighted by atomic mass is 16.6. The lowest BCUT2D eigenvalue weighted by atomic mass is 10.0. The second kappa shape index (κ2) is 12.0. The van der Waals surface area contributed by atoms with Gasteiger partial charge < -0.3 is 30.1 Å². The number of likely N-dealkylation sites (tertiary alicyclic amines) is 2. The monoisotopic (exact) mass is 424 g/mol. The lowest BCUT2D eigenvalue weighted by Crippen LogP contribution is -2.54. The van der Waals surface area contributed by atoms with E-state index in [1.54, 1.807) is 23.9 Å². The van der Waals surface area contributed by atoms with Gasteiger partial charge in [0, 0.05) is 58.4 Å². The van der Waals surface area contributed by atoms with Crippen LogP contribution in [0.2, 0.25) is 0 Å². The topological polar surface area (TPSA) is 89.5 Å². The Balaban J connectivity index is 1.91. The Morgan fingerprint density at radius 2 is 1.57 bits per heavy atom. The maximum Gasteiger partial charge on any atom is 0.409 e. The van der Waals surface area contributed by atoms with Crippen molar-refractivity contribution in [2.45, 2.75) is 64.6 Å². The van der Waals surface area contributed by atoms with Gasteiger partial charge in [-0.1, -0.05) is 0 Å². The van der Waals surface area contributed by atoms with Crippen LogP contribution in [0.15, 0.2) is 4.99 Å². The average Bonchev–Trinajstić information content (AvgIpc) is 2.72. The first-order chi connectivity index (χ1) is 14.3. The summed E-state index contributed by atoms with van der Waals surface area (Å²) in [7, 11) is 3.48. The maximum absolute atomic E-state index is 12.0. The molecule has 30 heavy (non-hydrogen) atoms. The van der Waals surface area contributed by atoms with Gasteiger partial charge in [0.15, 0.2) is 5.96 Å². The van der Waals surface area contributed by atoms with E-state index in [0.29, 0.717) is 37.7 Å². The molecule has 0 aliphatic carbocycles.